The lowest BCUT2D eigenvalue weighted by molar-refractivity contribution is 0.243. The van der Waals surface area contributed by atoms with Crippen molar-refractivity contribution in [1.29, 1.82) is 0 Å². The Bertz CT molecular complexity index is 1650. The molecule has 1 fully saturated rings. The van der Waals surface area contributed by atoms with Gasteiger partial charge in [-0.15, -0.1) is 0 Å². The van der Waals surface area contributed by atoms with Crippen LogP contribution >= 0.6 is 11.6 Å². The van der Waals surface area contributed by atoms with Gasteiger partial charge in [-0.05, 0) is 102 Å². The van der Waals surface area contributed by atoms with Gasteiger partial charge in [0.15, 0.2) is 15.7 Å². The number of aromatic nitrogens is 2. The van der Waals surface area contributed by atoms with Gasteiger partial charge < -0.3 is 20.7 Å². The molecule has 0 spiro atoms. The fourth-order valence-electron chi connectivity index (χ4n) is 3.99. The third-order valence-corrected chi connectivity index (χ3v) is 8.44. The van der Waals surface area contributed by atoms with Crippen LogP contribution in [0.25, 0.3) is 0 Å². The molecule has 3 N–H and O–H groups in total. The summed E-state index contributed by atoms with van der Waals surface area (Å²) in [7, 11) is -3.64. The summed E-state index contributed by atoms with van der Waals surface area (Å²) in [5.41, 5.74) is 1.43. The highest BCUT2D eigenvalue weighted by Crippen LogP contribution is 2.37. The molecule has 1 aliphatic rings. The Balaban J connectivity index is 1.75. The average molecular weight is 564 g/mol. The van der Waals surface area contributed by atoms with E-state index in [1.807, 2.05) is 0 Å². The highest BCUT2D eigenvalue weighted by molar-refractivity contribution is 7.92. The molecule has 1 aliphatic heterocycles. The second-order valence-corrected chi connectivity index (χ2v) is 12.3. The van der Waals surface area contributed by atoms with Crippen LogP contribution in [0.3, 0.4) is 0 Å². The lowest BCUT2D eigenvalue weighted by Crippen LogP contribution is -2.27. The molecule has 0 atom stereocenters. The van der Waals surface area contributed by atoms with Crippen LogP contribution in [0.1, 0.15) is 65.8 Å². The minimum atomic E-state index is -3.64. The molecule has 0 radical (unpaired) electrons. The molecule has 3 aromatic rings. The summed E-state index contributed by atoms with van der Waals surface area (Å²) < 4.78 is 81.9. The van der Waals surface area contributed by atoms with Gasteiger partial charge in [0.05, 0.1) is 36.5 Å². The summed E-state index contributed by atoms with van der Waals surface area (Å²) in [4.78, 5) is 8.75. The minimum Gasteiger partial charge on any atom is -0.489 e. The van der Waals surface area contributed by atoms with Crippen LogP contribution in [0.15, 0.2) is 47.5 Å². The maximum absolute atomic E-state index is 13.0. The predicted octanol–water partition coefficient (Wildman–Crippen LogP) is 6.36. The van der Waals surface area contributed by atoms with Crippen LogP contribution in [0, 0.1) is 6.92 Å². The van der Waals surface area contributed by atoms with Crippen molar-refractivity contribution in [3.8, 4) is 5.75 Å². The molecule has 204 valence electrons. The molecule has 4 rings (SSSR count). The number of anilines is 4. The second kappa shape index (κ2) is 11.9. The first kappa shape index (κ1) is 21.0. The number of ether oxygens (including phenoxy) is 1. The van der Waals surface area contributed by atoms with Crippen LogP contribution in [-0.2, 0) is 9.84 Å². The van der Waals surface area contributed by atoms with E-state index in [0.717, 1.165) is 0 Å². The Morgan fingerprint density at radius 2 is 1.89 bits per heavy atom. The first-order valence-corrected chi connectivity index (χ1v) is 14.1. The average Bonchev–Trinajstić information content (AvgIpc) is 2.87. The Hall–Kier alpha value is -2.88. The van der Waals surface area contributed by atoms with E-state index >= 15 is 0 Å². The summed E-state index contributed by atoms with van der Waals surface area (Å²) in [5.74, 6) is -0.348. The zero-order valence-corrected chi connectivity index (χ0v) is 23.5. The molecule has 1 aromatic heterocycles. The van der Waals surface area contributed by atoms with E-state index in [1.54, 1.807) is 45.0 Å². The van der Waals surface area contributed by atoms with Crippen molar-refractivity contribution in [2.45, 2.75) is 69.6 Å². The van der Waals surface area contributed by atoms with E-state index in [9.17, 15) is 8.42 Å². The molecular formula is C28H36ClN5O3S. The Labute approximate surface area is 238 Å². The quantitative estimate of drug-likeness (QED) is 0.276. The van der Waals surface area contributed by atoms with Crippen LogP contribution in [0.2, 0.25) is 5.02 Å². The lowest BCUT2D eigenvalue weighted by atomic mass is 9.87. The smallest absolute Gasteiger partial charge is 0.229 e. The second-order valence-electron chi connectivity index (χ2n) is 9.41. The largest absolute Gasteiger partial charge is 0.489 e. The van der Waals surface area contributed by atoms with E-state index in [4.69, 9.17) is 24.6 Å². The van der Waals surface area contributed by atoms with Crippen LogP contribution in [0.5, 0.6) is 5.75 Å². The summed E-state index contributed by atoms with van der Waals surface area (Å²) in [6.07, 6.45) is -0.150. The highest BCUT2D eigenvalue weighted by Gasteiger charge is 2.24. The number of nitrogens with one attached hydrogen (secondary N) is 3. The van der Waals surface area contributed by atoms with Gasteiger partial charge in [0, 0.05) is 5.48 Å². The first-order chi connectivity index (χ1) is 20.2. The molecular weight excluding hydrogens is 522 g/mol. The topological polar surface area (TPSA) is 105 Å². The summed E-state index contributed by atoms with van der Waals surface area (Å²) in [6, 6.07) is 7.97. The van der Waals surface area contributed by atoms with Gasteiger partial charge in [0.1, 0.15) is 10.8 Å². The van der Waals surface area contributed by atoms with Crippen molar-refractivity contribution in [3.05, 3.63) is 58.7 Å². The van der Waals surface area contributed by atoms with E-state index in [1.165, 1.54) is 26.1 Å². The molecule has 2 aromatic carbocycles. The SMILES string of the molecule is [2H]c1c(C)c(C2CC([2H])([2H])NC([2H])([2H])C2)cc(OC([2H])(C)C)c1Nc1ncc(Cl)c(Nc2ccccc2S(=O)(=O)C(C)C)n1. The number of piperidine rings is 1. The van der Waals surface area contributed by atoms with E-state index < -0.39 is 40.1 Å². The standard InChI is InChI=1S/C28H36ClN5O3S/c1-17(2)37-25-15-21(20-10-12-30-13-11-20)19(5)14-24(25)33-28-31-16-22(29)27(34-28)32-23-8-6-7-9-26(23)38(35,36)18(3)4/h6-9,14-18,20,30H,10-13H2,1-5H3,(H2,31,32,33,34)/i12D2,13D2,14D,17D. The molecule has 38 heavy (non-hydrogen) atoms. The zero-order chi connectivity index (χ0) is 32.8. The van der Waals surface area contributed by atoms with Gasteiger partial charge in [-0.3, -0.25) is 0 Å². The Morgan fingerprint density at radius 3 is 2.58 bits per heavy atom. The molecule has 0 bridgehead atoms. The van der Waals surface area contributed by atoms with Crippen LogP contribution < -0.4 is 20.7 Å². The van der Waals surface area contributed by atoms with Gasteiger partial charge in [-0.2, -0.15) is 4.98 Å². The molecule has 1 saturated heterocycles. The fourth-order valence-corrected chi connectivity index (χ4v) is 5.33. The van der Waals surface area contributed by atoms with Crippen molar-refractivity contribution in [3.63, 3.8) is 0 Å². The summed E-state index contributed by atoms with van der Waals surface area (Å²) in [6.45, 7) is 3.96. The van der Waals surface area contributed by atoms with Gasteiger partial charge >= 0.3 is 0 Å². The third-order valence-electron chi connectivity index (χ3n) is 5.95. The first-order valence-electron chi connectivity index (χ1n) is 15.2. The molecule has 10 heteroatoms. The minimum absolute atomic E-state index is 0.00363. The number of rotatable bonds is 9. The molecule has 0 amide bonds. The molecule has 0 unspecified atom stereocenters. The maximum Gasteiger partial charge on any atom is 0.229 e. The van der Waals surface area contributed by atoms with Gasteiger partial charge in [-0.1, -0.05) is 23.7 Å². The lowest BCUT2D eigenvalue weighted by Gasteiger charge is -2.26. The predicted molar refractivity (Wildman–Crippen MR) is 154 cm³/mol. The van der Waals surface area contributed by atoms with E-state index in [2.05, 4.69) is 25.9 Å². The monoisotopic (exact) mass is 563 g/mol. The normalized spacial score (nSPS) is 19.9. The number of hydrogen-bond acceptors (Lipinski definition) is 8. The molecule has 8 nitrogen and oxygen atoms in total. The maximum atomic E-state index is 13.0. The van der Waals surface area contributed by atoms with Crippen molar-refractivity contribution in [2.75, 3.05) is 23.6 Å². The van der Waals surface area contributed by atoms with Gasteiger partial charge in [0.25, 0.3) is 0 Å². The number of para-hydroxylation sites is 1. The zero-order valence-electron chi connectivity index (χ0n) is 27.9. The van der Waals surface area contributed by atoms with E-state index in [0.29, 0.717) is 11.1 Å². The van der Waals surface area contributed by atoms with Crippen molar-refractivity contribution >= 4 is 44.6 Å². The molecule has 0 saturated carbocycles. The Morgan fingerprint density at radius 1 is 1.18 bits per heavy atom. The van der Waals surface area contributed by atoms with Crippen molar-refractivity contribution in [1.82, 2.24) is 15.3 Å². The van der Waals surface area contributed by atoms with Gasteiger partial charge in [0.2, 0.25) is 5.95 Å². The number of benzene rings is 2. The van der Waals surface area contributed by atoms with E-state index in [-0.39, 0.29) is 57.7 Å². The highest BCUT2D eigenvalue weighted by atomic mass is 35.5. The van der Waals surface area contributed by atoms with Gasteiger partial charge in [-0.25, -0.2) is 13.4 Å². The molecule has 2 heterocycles. The number of sulfone groups is 1. The fraction of sp³-hybridized carbons (Fsp3) is 0.429. The van der Waals surface area contributed by atoms with Crippen LogP contribution in [0.4, 0.5) is 23.1 Å². The summed E-state index contributed by atoms with van der Waals surface area (Å²) >= 11 is 6.39. The number of hydrogen-bond donors (Lipinski definition) is 3. The summed E-state index contributed by atoms with van der Waals surface area (Å²) in [5, 5.41) is 7.82. The van der Waals surface area contributed by atoms with Crippen molar-refractivity contribution < 1.29 is 21.4 Å². The number of nitrogens with zero attached hydrogens (tertiary/aromatic N) is 2. The molecule has 0 aliphatic carbocycles. The third kappa shape index (κ3) is 6.39. The van der Waals surface area contributed by atoms with Crippen molar-refractivity contribution in [2.24, 2.45) is 0 Å². The van der Waals surface area contributed by atoms with Crippen LogP contribution in [-0.4, -0.2) is 42.7 Å². The number of halogens is 1. The Kier molecular flexibility index (Phi) is 6.57.